The highest BCUT2D eigenvalue weighted by atomic mass is 16.7. The first-order valence-corrected chi connectivity index (χ1v) is 15.6. The Morgan fingerprint density at radius 3 is 2.27 bits per heavy atom. The van der Waals surface area contributed by atoms with Gasteiger partial charge in [-0.2, -0.15) is 5.26 Å². The van der Waals surface area contributed by atoms with Crippen molar-refractivity contribution in [3.05, 3.63) is 12.2 Å². The van der Waals surface area contributed by atoms with E-state index in [4.69, 9.17) is 9.57 Å². The van der Waals surface area contributed by atoms with Gasteiger partial charge in [0.15, 0.2) is 0 Å². The molecule has 40 heavy (non-hydrogen) atoms. The lowest BCUT2D eigenvalue weighted by atomic mass is 9.32. The van der Waals surface area contributed by atoms with Gasteiger partial charge in [0.25, 0.3) is 0 Å². The molecule has 0 aliphatic heterocycles. The molecule has 0 aromatic carbocycles. The van der Waals surface area contributed by atoms with Crippen LogP contribution in [0.3, 0.4) is 0 Å². The van der Waals surface area contributed by atoms with Crippen LogP contribution in [0.1, 0.15) is 113 Å². The summed E-state index contributed by atoms with van der Waals surface area (Å²) in [5.74, 6) is 1.51. The van der Waals surface area contributed by atoms with Crippen LogP contribution in [0.25, 0.3) is 0 Å². The number of esters is 1. The number of rotatable bonds is 4. The van der Waals surface area contributed by atoms with Crippen molar-refractivity contribution in [3.8, 4) is 6.07 Å². The monoisotopic (exact) mass is 550 g/mol. The third-order valence-electron chi connectivity index (χ3n) is 13.7. The number of hydrogen-bond donors (Lipinski definition) is 0. The van der Waals surface area contributed by atoms with Crippen LogP contribution in [0.15, 0.2) is 17.3 Å². The van der Waals surface area contributed by atoms with Gasteiger partial charge in [0.2, 0.25) is 0 Å². The van der Waals surface area contributed by atoms with Crippen LogP contribution in [0.2, 0.25) is 0 Å². The van der Waals surface area contributed by atoms with Crippen LogP contribution in [-0.2, 0) is 19.2 Å². The average Bonchev–Trinajstić information content (AvgIpc) is 3.28. The maximum Gasteiger partial charge on any atom is 0.331 e. The van der Waals surface area contributed by atoms with Crippen molar-refractivity contribution in [2.75, 3.05) is 6.61 Å². The van der Waals surface area contributed by atoms with E-state index in [1.165, 1.54) is 32.3 Å². The van der Waals surface area contributed by atoms with Gasteiger partial charge < -0.3 is 9.57 Å². The number of oxime groups is 1. The molecule has 0 amide bonds. The highest BCUT2D eigenvalue weighted by Gasteiger charge is 2.71. The van der Waals surface area contributed by atoms with Crippen molar-refractivity contribution in [1.29, 1.82) is 5.26 Å². The van der Waals surface area contributed by atoms with Crippen molar-refractivity contribution in [3.63, 3.8) is 0 Å². The molecular formula is C34H50N2O4. The Labute approximate surface area is 241 Å². The second-order valence-corrected chi connectivity index (χ2v) is 15.3. The largest absolute Gasteiger partial charge is 0.465 e. The first kappa shape index (κ1) is 29.3. The third kappa shape index (κ3) is 3.96. The highest BCUT2D eigenvalue weighted by molar-refractivity contribution is 5.91. The standard InChI is InChI=1S/C34H50N2O4/c1-21(2)24-11-16-34(19-35)18-17-32(7)25(29(24)34)9-10-27-30(5)14-13-28(36-40-23(4)38)31(6,20-39-22(3)37)26(30)12-15-33(27,32)8/h24-27,29H,1,9-18,20H2,2-8H3/t24-,25+,26+,27+,29+,30-,31?,32+,33+,34+/m0/s1. The summed E-state index contributed by atoms with van der Waals surface area (Å²) in [7, 11) is 0. The Hall–Kier alpha value is -2.16. The van der Waals surface area contributed by atoms with Crippen molar-refractivity contribution in [1.82, 2.24) is 0 Å². The molecule has 0 aromatic rings. The van der Waals surface area contributed by atoms with Crippen LogP contribution in [-0.4, -0.2) is 24.3 Å². The molecule has 5 aliphatic carbocycles. The van der Waals surface area contributed by atoms with Gasteiger partial charge in [-0.1, -0.05) is 45.0 Å². The van der Waals surface area contributed by atoms with E-state index in [0.717, 1.165) is 57.1 Å². The lowest BCUT2D eigenvalue weighted by Gasteiger charge is -2.72. The van der Waals surface area contributed by atoms with E-state index in [2.05, 4.69) is 52.4 Å². The lowest BCUT2D eigenvalue weighted by Crippen LogP contribution is -2.67. The van der Waals surface area contributed by atoms with E-state index in [-0.39, 0.29) is 40.2 Å². The molecule has 220 valence electrons. The highest BCUT2D eigenvalue weighted by Crippen LogP contribution is 2.77. The maximum atomic E-state index is 12.0. The lowest BCUT2D eigenvalue weighted by molar-refractivity contribution is -0.227. The van der Waals surface area contributed by atoms with E-state index in [0.29, 0.717) is 23.7 Å². The summed E-state index contributed by atoms with van der Waals surface area (Å²) in [5.41, 5.74) is 1.84. The molecule has 5 aliphatic rings. The topological polar surface area (TPSA) is 88.8 Å². The molecule has 10 atom stereocenters. The maximum absolute atomic E-state index is 12.0. The Morgan fingerprint density at radius 1 is 0.925 bits per heavy atom. The van der Waals surface area contributed by atoms with Crippen LogP contribution in [0, 0.1) is 68.0 Å². The molecule has 6 heteroatoms. The van der Waals surface area contributed by atoms with Gasteiger partial charge in [0.1, 0.15) is 6.61 Å². The number of carbonyl (C=O) groups excluding carboxylic acids is 2. The summed E-state index contributed by atoms with van der Waals surface area (Å²) in [6.45, 7) is 19.5. The molecule has 5 saturated carbocycles. The second kappa shape index (κ2) is 9.70. The number of nitrogens with zero attached hydrogens (tertiary/aromatic N) is 2. The minimum Gasteiger partial charge on any atom is -0.465 e. The summed E-state index contributed by atoms with van der Waals surface area (Å²) in [6, 6.07) is 2.88. The number of fused-ring (bicyclic) bond motifs is 7. The van der Waals surface area contributed by atoms with Gasteiger partial charge in [0, 0.05) is 19.3 Å². The van der Waals surface area contributed by atoms with E-state index < -0.39 is 11.4 Å². The summed E-state index contributed by atoms with van der Waals surface area (Å²) in [6.07, 6.45) is 10.5. The quantitative estimate of drug-likeness (QED) is 0.155. The molecule has 0 spiro atoms. The Morgan fingerprint density at radius 2 is 1.65 bits per heavy atom. The van der Waals surface area contributed by atoms with Gasteiger partial charge in [-0.25, -0.2) is 4.79 Å². The Kier molecular flexibility index (Phi) is 7.12. The van der Waals surface area contributed by atoms with Gasteiger partial charge in [0.05, 0.1) is 17.2 Å². The van der Waals surface area contributed by atoms with Gasteiger partial charge in [-0.15, -0.1) is 0 Å². The summed E-state index contributed by atoms with van der Waals surface area (Å²) in [5, 5.41) is 14.9. The summed E-state index contributed by atoms with van der Waals surface area (Å²) >= 11 is 0. The van der Waals surface area contributed by atoms with E-state index in [1.54, 1.807) is 0 Å². The van der Waals surface area contributed by atoms with Crippen molar-refractivity contribution in [2.45, 2.75) is 113 Å². The molecular weight excluding hydrogens is 500 g/mol. The third-order valence-corrected chi connectivity index (χ3v) is 13.7. The van der Waals surface area contributed by atoms with Gasteiger partial charge >= 0.3 is 11.9 Å². The SMILES string of the molecule is C=C(C)[C@@H]1CC[C@]2(C#N)CC[C@]3(C)[C@H](CC[C@@H]4[C@@]5(C)CCC(=NOC(C)=O)C(C)(COC(C)=O)[C@@H]5CC[C@]43C)[C@@H]12. The van der Waals surface area contributed by atoms with Gasteiger partial charge in [-0.3, -0.25) is 4.79 Å². The summed E-state index contributed by atoms with van der Waals surface area (Å²) < 4.78 is 5.69. The van der Waals surface area contributed by atoms with Crippen molar-refractivity contribution in [2.24, 2.45) is 61.8 Å². The molecule has 0 heterocycles. The van der Waals surface area contributed by atoms with E-state index in [9.17, 15) is 14.9 Å². The molecule has 0 saturated heterocycles. The summed E-state index contributed by atoms with van der Waals surface area (Å²) in [4.78, 5) is 28.8. The van der Waals surface area contributed by atoms with Gasteiger partial charge in [-0.05, 0) is 117 Å². The predicted molar refractivity (Wildman–Crippen MR) is 155 cm³/mol. The second-order valence-electron chi connectivity index (χ2n) is 15.3. The molecule has 1 unspecified atom stereocenters. The van der Waals surface area contributed by atoms with Crippen LogP contribution < -0.4 is 0 Å². The number of carbonyl (C=O) groups is 2. The van der Waals surface area contributed by atoms with Crippen LogP contribution in [0.4, 0.5) is 0 Å². The molecule has 0 bridgehead atoms. The predicted octanol–water partition coefficient (Wildman–Crippen LogP) is 7.63. The molecule has 5 rings (SSSR count). The molecule has 5 fully saturated rings. The molecule has 0 aromatic heterocycles. The van der Waals surface area contributed by atoms with Crippen molar-refractivity contribution < 1.29 is 19.2 Å². The zero-order valence-corrected chi connectivity index (χ0v) is 25.9. The fourth-order valence-corrected chi connectivity index (χ4v) is 11.7. The fourth-order valence-electron chi connectivity index (χ4n) is 11.7. The molecule has 6 nitrogen and oxygen atoms in total. The van der Waals surface area contributed by atoms with Crippen LogP contribution in [0.5, 0.6) is 0 Å². The zero-order valence-electron chi connectivity index (χ0n) is 25.9. The Balaban J connectivity index is 1.53. The number of nitriles is 1. The average molecular weight is 551 g/mol. The van der Waals surface area contributed by atoms with E-state index in [1.807, 2.05) is 0 Å². The van der Waals surface area contributed by atoms with Crippen LogP contribution >= 0.6 is 0 Å². The number of ether oxygens (including phenoxy) is 1. The minimum absolute atomic E-state index is 0.0539. The normalized spacial score (nSPS) is 48.5. The zero-order chi connectivity index (χ0) is 29.3. The fraction of sp³-hybridized carbons (Fsp3) is 0.824. The molecule has 0 N–H and O–H groups in total. The van der Waals surface area contributed by atoms with E-state index >= 15 is 0 Å². The minimum atomic E-state index is -0.480. The van der Waals surface area contributed by atoms with Crippen molar-refractivity contribution >= 4 is 17.7 Å². The number of hydrogen-bond acceptors (Lipinski definition) is 6. The first-order valence-electron chi connectivity index (χ1n) is 15.6. The number of allylic oxidation sites excluding steroid dienone is 1. The smallest absolute Gasteiger partial charge is 0.331 e. The first-order chi connectivity index (χ1) is 18.7. The molecule has 0 radical (unpaired) electrons. The Bertz CT molecular complexity index is 1170.